The number of aromatic nitrogens is 2. The van der Waals surface area contributed by atoms with Gasteiger partial charge in [-0.05, 0) is 47.7 Å². The summed E-state index contributed by atoms with van der Waals surface area (Å²) >= 11 is 8.28. The van der Waals surface area contributed by atoms with E-state index in [1.54, 1.807) is 11.5 Å². The van der Waals surface area contributed by atoms with Gasteiger partial charge in [0.1, 0.15) is 12.4 Å². The van der Waals surface area contributed by atoms with Gasteiger partial charge < -0.3 is 9.30 Å². The zero-order valence-corrected chi connectivity index (χ0v) is 14.0. The fourth-order valence-electron chi connectivity index (χ4n) is 2.00. The quantitative estimate of drug-likeness (QED) is 0.395. The Hall–Kier alpha value is -0.540. The Morgan fingerprint density at radius 1 is 1.43 bits per heavy atom. The van der Waals surface area contributed by atoms with Gasteiger partial charge in [0.05, 0.1) is 23.0 Å². The molecule has 1 heterocycles. The molecule has 0 amide bonds. The number of hydrogen-bond donors (Lipinski definition) is 0. The van der Waals surface area contributed by atoms with Crippen molar-refractivity contribution in [1.29, 1.82) is 0 Å². The molecule has 3 nitrogen and oxygen atoms in total. The summed E-state index contributed by atoms with van der Waals surface area (Å²) in [6.07, 6.45) is -4.31. The molecule has 0 bridgehead atoms. The Labute approximate surface area is 138 Å². The van der Waals surface area contributed by atoms with Crippen molar-refractivity contribution in [2.45, 2.75) is 25.0 Å². The van der Waals surface area contributed by atoms with E-state index in [2.05, 4.69) is 32.3 Å². The highest BCUT2D eigenvalue weighted by Gasteiger charge is 2.27. The molecule has 0 saturated heterocycles. The van der Waals surface area contributed by atoms with E-state index in [0.717, 1.165) is 14.6 Å². The number of imidazole rings is 1. The molecule has 0 spiro atoms. The number of halogens is 5. The van der Waals surface area contributed by atoms with E-state index >= 15 is 0 Å². The molecule has 1 atom stereocenters. The predicted octanol–water partition coefficient (Wildman–Crippen LogP) is 4.52. The summed E-state index contributed by atoms with van der Waals surface area (Å²) in [5.41, 5.74) is 1.62. The van der Waals surface area contributed by atoms with E-state index in [1.165, 1.54) is 0 Å². The standard InChI is InChI=1S/C13H13ClF3IN2O/c1-8(14)12-19-10-6-9(18)2-3-11(10)20(12)4-5-21-7-13(15,16)17/h2-3,6,8H,4-5,7H2,1H3. The second kappa shape index (κ2) is 6.70. The Kier molecular flexibility index (Phi) is 5.37. The number of rotatable bonds is 5. The summed E-state index contributed by atoms with van der Waals surface area (Å²) in [6.45, 7) is 0.761. The van der Waals surface area contributed by atoms with Gasteiger partial charge in [-0.1, -0.05) is 0 Å². The molecule has 0 N–H and O–H groups in total. The van der Waals surface area contributed by atoms with Crippen molar-refractivity contribution in [2.75, 3.05) is 13.2 Å². The van der Waals surface area contributed by atoms with Gasteiger partial charge in [-0.3, -0.25) is 0 Å². The fourth-order valence-corrected chi connectivity index (χ4v) is 2.65. The highest BCUT2D eigenvalue weighted by atomic mass is 127. The predicted molar refractivity (Wildman–Crippen MR) is 83.6 cm³/mol. The van der Waals surface area contributed by atoms with E-state index in [9.17, 15) is 13.2 Å². The van der Waals surface area contributed by atoms with Crippen LogP contribution in [0.3, 0.4) is 0 Å². The third-order valence-electron chi connectivity index (χ3n) is 2.82. The number of nitrogens with zero attached hydrogens (tertiary/aromatic N) is 2. The molecule has 2 rings (SSSR count). The van der Waals surface area contributed by atoms with Crippen molar-refractivity contribution in [3.8, 4) is 0 Å². The van der Waals surface area contributed by atoms with Gasteiger partial charge in [0.2, 0.25) is 0 Å². The van der Waals surface area contributed by atoms with Gasteiger partial charge in [-0.15, -0.1) is 11.6 Å². The van der Waals surface area contributed by atoms with Crippen LogP contribution in [0, 0.1) is 3.57 Å². The minimum Gasteiger partial charge on any atom is -0.370 e. The lowest BCUT2D eigenvalue weighted by molar-refractivity contribution is -0.174. The summed E-state index contributed by atoms with van der Waals surface area (Å²) in [5.74, 6) is 0.629. The molecular formula is C13H13ClF3IN2O. The maximum Gasteiger partial charge on any atom is 0.411 e. The molecule has 0 aliphatic rings. The molecule has 1 aromatic carbocycles. The third-order valence-corrected chi connectivity index (χ3v) is 3.69. The average molecular weight is 433 g/mol. The van der Waals surface area contributed by atoms with Crippen LogP contribution in [0.15, 0.2) is 18.2 Å². The van der Waals surface area contributed by atoms with Gasteiger partial charge in [0.25, 0.3) is 0 Å². The smallest absolute Gasteiger partial charge is 0.370 e. The van der Waals surface area contributed by atoms with Crippen molar-refractivity contribution in [2.24, 2.45) is 0 Å². The number of fused-ring (bicyclic) bond motifs is 1. The summed E-state index contributed by atoms with van der Waals surface area (Å²) in [5, 5.41) is -0.335. The van der Waals surface area contributed by atoms with Crippen LogP contribution >= 0.6 is 34.2 Å². The molecule has 0 aliphatic heterocycles. The maximum atomic E-state index is 12.1. The lowest BCUT2D eigenvalue weighted by atomic mass is 10.3. The van der Waals surface area contributed by atoms with E-state index in [-0.39, 0.29) is 18.5 Å². The van der Waals surface area contributed by atoms with Crippen molar-refractivity contribution in [1.82, 2.24) is 9.55 Å². The van der Waals surface area contributed by atoms with Crippen LogP contribution in [0.25, 0.3) is 11.0 Å². The van der Waals surface area contributed by atoms with Crippen molar-refractivity contribution < 1.29 is 17.9 Å². The number of benzene rings is 1. The molecule has 0 radical (unpaired) electrons. The molecule has 2 aromatic rings. The SMILES string of the molecule is CC(Cl)c1nc2cc(I)ccc2n1CCOCC(F)(F)F. The molecule has 0 saturated carbocycles. The highest BCUT2D eigenvalue weighted by Crippen LogP contribution is 2.25. The second-order valence-electron chi connectivity index (χ2n) is 4.54. The first-order valence-electron chi connectivity index (χ1n) is 6.22. The van der Waals surface area contributed by atoms with E-state index in [0.29, 0.717) is 5.82 Å². The van der Waals surface area contributed by atoms with Gasteiger partial charge in [0, 0.05) is 10.1 Å². The molecule has 8 heteroatoms. The van der Waals surface area contributed by atoms with Crippen LogP contribution in [-0.4, -0.2) is 28.9 Å². The molecule has 0 fully saturated rings. The largest absolute Gasteiger partial charge is 0.411 e. The zero-order chi connectivity index (χ0) is 15.6. The van der Waals surface area contributed by atoms with E-state index in [4.69, 9.17) is 11.6 Å². The van der Waals surface area contributed by atoms with Gasteiger partial charge in [-0.2, -0.15) is 13.2 Å². The van der Waals surface area contributed by atoms with Crippen LogP contribution < -0.4 is 0 Å². The Bertz CT molecular complexity index is 628. The third kappa shape index (κ3) is 4.46. The lowest BCUT2D eigenvalue weighted by Crippen LogP contribution is -2.19. The average Bonchev–Trinajstić information content (AvgIpc) is 2.71. The lowest BCUT2D eigenvalue weighted by Gasteiger charge is -2.12. The monoisotopic (exact) mass is 432 g/mol. The van der Waals surface area contributed by atoms with Crippen molar-refractivity contribution in [3.05, 3.63) is 27.6 Å². The van der Waals surface area contributed by atoms with Crippen LogP contribution in [0.1, 0.15) is 18.1 Å². The first kappa shape index (κ1) is 16.8. The van der Waals surface area contributed by atoms with Gasteiger partial charge in [-0.25, -0.2) is 4.98 Å². The van der Waals surface area contributed by atoms with Gasteiger partial charge >= 0.3 is 6.18 Å². The van der Waals surface area contributed by atoms with Crippen LogP contribution in [0.4, 0.5) is 13.2 Å². The van der Waals surface area contributed by atoms with E-state index < -0.39 is 12.8 Å². The topological polar surface area (TPSA) is 27.1 Å². The fraction of sp³-hybridized carbons (Fsp3) is 0.462. The molecule has 0 aliphatic carbocycles. The van der Waals surface area contributed by atoms with Crippen LogP contribution in [-0.2, 0) is 11.3 Å². The highest BCUT2D eigenvalue weighted by molar-refractivity contribution is 14.1. The minimum absolute atomic E-state index is 0.0481. The van der Waals surface area contributed by atoms with Crippen LogP contribution in [0.2, 0.25) is 0 Å². The molecular weight excluding hydrogens is 420 g/mol. The first-order valence-corrected chi connectivity index (χ1v) is 7.73. The first-order chi connectivity index (χ1) is 9.78. The van der Waals surface area contributed by atoms with E-state index in [1.807, 2.05) is 18.2 Å². The summed E-state index contributed by atoms with van der Waals surface area (Å²) in [7, 11) is 0. The summed E-state index contributed by atoms with van der Waals surface area (Å²) < 4.78 is 43.7. The minimum atomic E-state index is -4.31. The van der Waals surface area contributed by atoms with Crippen molar-refractivity contribution >= 4 is 45.2 Å². The van der Waals surface area contributed by atoms with Crippen molar-refractivity contribution in [3.63, 3.8) is 0 Å². The second-order valence-corrected chi connectivity index (χ2v) is 6.44. The number of hydrogen-bond acceptors (Lipinski definition) is 2. The Balaban J connectivity index is 2.19. The summed E-state index contributed by atoms with van der Waals surface area (Å²) in [4.78, 5) is 4.45. The summed E-state index contributed by atoms with van der Waals surface area (Å²) in [6, 6.07) is 5.71. The maximum absolute atomic E-state index is 12.1. The zero-order valence-electron chi connectivity index (χ0n) is 11.1. The Morgan fingerprint density at radius 2 is 2.14 bits per heavy atom. The van der Waals surface area contributed by atoms with Crippen LogP contribution in [0.5, 0.6) is 0 Å². The molecule has 1 aromatic heterocycles. The Morgan fingerprint density at radius 3 is 2.76 bits per heavy atom. The van der Waals surface area contributed by atoms with Gasteiger partial charge in [0.15, 0.2) is 0 Å². The number of alkyl halides is 4. The normalized spacial score (nSPS) is 13.8. The number of ether oxygens (including phenoxy) is 1. The molecule has 1 unspecified atom stereocenters. The molecule has 21 heavy (non-hydrogen) atoms. The molecule has 116 valence electrons.